The molecule has 0 aliphatic carbocycles. The number of nitrogens with two attached hydrogens (primary N) is 1. The number of nitrogens with one attached hydrogen (secondary N) is 1. The number of hydrogen-bond donors (Lipinski definition) is 2. The smallest absolute Gasteiger partial charge is 0.123 e. The summed E-state index contributed by atoms with van der Waals surface area (Å²) < 4.78 is 5.73. The Labute approximate surface area is 117 Å². The van der Waals surface area contributed by atoms with Crippen molar-refractivity contribution < 1.29 is 4.74 Å². The summed E-state index contributed by atoms with van der Waals surface area (Å²) >= 11 is 0. The molecule has 0 aliphatic rings. The van der Waals surface area contributed by atoms with Gasteiger partial charge in [0.05, 0.1) is 6.10 Å². The number of ether oxygens (including phenoxy) is 1. The summed E-state index contributed by atoms with van der Waals surface area (Å²) in [5.74, 6) is 0.828. The fourth-order valence-electron chi connectivity index (χ4n) is 2.36. The van der Waals surface area contributed by atoms with E-state index in [1.54, 1.807) is 0 Å². The third-order valence-electron chi connectivity index (χ3n) is 3.74. The van der Waals surface area contributed by atoms with Crippen LogP contribution in [0.3, 0.4) is 0 Å². The zero-order valence-electron chi connectivity index (χ0n) is 12.9. The van der Waals surface area contributed by atoms with Gasteiger partial charge in [0.2, 0.25) is 0 Å². The van der Waals surface area contributed by atoms with E-state index >= 15 is 0 Å². The van der Waals surface area contributed by atoms with Gasteiger partial charge in [-0.2, -0.15) is 0 Å². The second-order valence-corrected chi connectivity index (χ2v) is 5.42. The van der Waals surface area contributed by atoms with Crippen LogP contribution >= 0.6 is 0 Å². The minimum absolute atomic E-state index is 0.142. The Morgan fingerprint density at radius 3 is 2.16 bits per heavy atom. The van der Waals surface area contributed by atoms with Crippen LogP contribution in [0.15, 0.2) is 18.2 Å². The summed E-state index contributed by atoms with van der Waals surface area (Å²) in [5, 5.41) is 3.64. The van der Waals surface area contributed by atoms with E-state index in [2.05, 4.69) is 26.1 Å². The van der Waals surface area contributed by atoms with Crippen LogP contribution in [0.2, 0.25) is 0 Å². The average Bonchev–Trinajstić information content (AvgIpc) is 2.34. The van der Waals surface area contributed by atoms with Crippen molar-refractivity contribution in [1.29, 1.82) is 0 Å². The van der Waals surface area contributed by atoms with E-state index in [0.717, 1.165) is 36.4 Å². The summed E-state index contributed by atoms with van der Waals surface area (Å²) in [4.78, 5) is 0. The van der Waals surface area contributed by atoms with Crippen molar-refractivity contribution in [2.24, 2.45) is 0 Å². The van der Waals surface area contributed by atoms with Gasteiger partial charge in [-0.15, -0.1) is 0 Å². The molecule has 1 aromatic rings. The Morgan fingerprint density at radius 1 is 1.11 bits per heavy atom. The van der Waals surface area contributed by atoms with Gasteiger partial charge in [-0.05, 0) is 39.2 Å². The maximum atomic E-state index is 5.96. The van der Waals surface area contributed by atoms with Crippen molar-refractivity contribution >= 4 is 11.4 Å². The fraction of sp³-hybridized carbons (Fsp3) is 0.625. The Hall–Kier alpha value is -1.38. The SMILES string of the molecule is CCC(CC)(CC)Nc1cc(N)cc(OC(C)C)c1. The van der Waals surface area contributed by atoms with Crippen molar-refractivity contribution in [2.45, 2.75) is 65.5 Å². The predicted octanol–water partition coefficient (Wildman–Crippen LogP) is 4.44. The first-order chi connectivity index (χ1) is 8.94. The van der Waals surface area contributed by atoms with E-state index in [9.17, 15) is 0 Å². The lowest BCUT2D eigenvalue weighted by Crippen LogP contribution is -2.36. The first kappa shape index (κ1) is 15.7. The maximum Gasteiger partial charge on any atom is 0.123 e. The summed E-state index contributed by atoms with van der Waals surface area (Å²) in [7, 11) is 0. The largest absolute Gasteiger partial charge is 0.491 e. The normalized spacial score (nSPS) is 11.7. The predicted molar refractivity (Wildman–Crippen MR) is 83.8 cm³/mol. The Kier molecular flexibility index (Phi) is 5.52. The lowest BCUT2D eigenvalue weighted by Gasteiger charge is -2.33. The molecular weight excluding hydrogens is 236 g/mol. The van der Waals surface area contributed by atoms with Crippen molar-refractivity contribution in [2.75, 3.05) is 11.1 Å². The van der Waals surface area contributed by atoms with Crippen LogP contribution in [0.1, 0.15) is 53.9 Å². The first-order valence-corrected chi connectivity index (χ1v) is 7.30. The molecule has 3 N–H and O–H groups in total. The second-order valence-electron chi connectivity index (χ2n) is 5.42. The molecule has 0 fully saturated rings. The molecule has 0 aliphatic heterocycles. The Bertz CT molecular complexity index is 389. The van der Waals surface area contributed by atoms with E-state index in [0.29, 0.717) is 0 Å². The van der Waals surface area contributed by atoms with Crippen LogP contribution in [0.25, 0.3) is 0 Å². The molecule has 0 aromatic heterocycles. The van der Waals surface area contributed by atoms with Crippen LogP contribution in [-0.2, 0) is 0 Å². The van der Waals surface area contributed by atoms with Crippen molar-refractivity contribution in [3.8, 4) is 5.75 Å². The van der Waals surface area contributed by atoms with Crippen LogP contribution in [0.4, 0.5) is 11.4 Å². The molecule has 0 saturated heterocycles. The Morgan fingerprint density at radius 2 is 1.68 bits per heavy atom. The third kappa shape index (κ3) is 4.34. The minimum atomic E-state index is 0.142. The highest BCUT2D eigenvalue weighted by Crippen LogP contribution is 2.29. The van der Waals surface area contributed by atoms with Gasteiger partial charge in [0, 0.05) is 29.0 Å². The van der Waals surface area contributed by atoms with Gasteiger partial charge in [0.1, 0.15) is 5.75 Å². The van der Waals surface area contributed by atoms with Crippen molar-refractivity contribution in [3.63, 3.8) is 0 Å². The summed E-state index contributed by atoms with van der Waals surface area (Å²) in [6, 6.07) is 5.88. The zero-order chi connectivity index (χ0) is 14.5. The number of nitrogen functional groups attached to an aromatic ring is 1. The zero-order valence-corrected chi connectivity index (χ0v) is 12.9. The van der Waals surface area contributed by atoms with Gasteiger partial charge in [-0.25, -0.2) is 0 Å². The summed E-state index contributed by atoms with van der Waals surface area (Å²) in [5.41, 5.74) is 7.88. The lowest BCUT2D eigenvalue weighted by atomic mass is 9.89. The maximum absolute atomic E-state index is 5.96. The van der Waals surface area contributed by atoms with E-state index in [1.165, 1.54) is 0 Å². The standard InChI is InChI=1S/C16H28N2O/c1-6-16(7-2,8-3)18-14-9-13(17)10-15(11-14)19-12(4)5/h9-12,18H,6-8,17H2,1-5H3. The summed E-state index contributed by atoms with van der Waals surface area (Å²) in [6.07, 6.45) is 3.43. The van der Waals surface area contributed by atoms with Crippen LogP contribution in [0, 0.1) is 0 Å². The van der Waals surface area contributed by atoms with Gasteiger partial charge in [0.25, 0.3) is 0 Å². The van der Waals surface area contributed by atoms with Gasteiger partial charge in [0.15, 0.2) is 0 Å². The molecule has 3 nitrogen and oxygen atoms in total. The van der Waals surface area contributed by atoms with Gasteiger partial charge in [-0.1, -0.05) is 20.8 Å². The molecule has 0 spiro atoms. The van der Waals surface area contributed by atoms with Gasteiger partial charge >= 0.3 is 0 Å². The van der Waals surface area contributed by atoms with Crippen LogP contribution in [-0.4, -0.2) is 11.6 Å². The molecule has 1 aromatic carbocycles. The molecule has 0 bridgehead atoms. The molecule has 0 atom stereocenters. The Balaban J connectivity index is 2.97. The van der Waals surface area contributed by atoms with E-state index in [1.807, 2.05) is 32.0 Å². The molecule has 0 radical (unpaired) electrons. The molecule has 19 heavy (non-hydrogen) atoms. The quantitative estimate of drug-likeness (QED) is 0.716. The van der Waals surface area contributed by atoms with Crippen LogP contribution < -0.4 is 15.8 Å². The average molecular weight is 264 g/mol. The topological polar surface area (TPSA) is 47.3 Å². The molecule has 1 rings (SSSR count). The van der Waals surface area contributed by atoms with E-state index < -0.39 is 0 Å². The van der Waals surface area contributed by atoms with Gasteiger partial charge in [-0.3, -0.25) is 0 Å². The van der Waals surface area contributed by atoms with Crippen molar-refractivity contribution in [1.82, 2.24) is 0 Å². The highest BCUT2D eigenvalue weighted by atomic mass is 16.5. The van der Waals surface area contributed by atoms with Crippen LogP contribution in [0.5, 0.6) is 5.75 Å². The molecule has 0 amide bonds. The number of hydrogen-bond acceptors (Lipinski definition) is 3. The molecule has 0 heterocycles. The van der Waals surface area contributed by atoms with E-state index in [4.69, 9.17) is 10.5 Å². The second kappa shape index (κ2) is 6.69. The minimum Gasteiger partial charge on any atom is -0.491 e. The monoisotopic (exact) mass is 264 g/mol. The molecular formula is C16H28N2O. The van der Waals surface area contributed by atoms with Gasteiger partial charge < -0.3 is 15.8 Å². The van der Waals surface area contributed by atoms with E-state index in [-0.39, 0.29) is 11.6 Å². The molecule has 0 saturated carbocycles. The number of anilines is 2. The number of benzene rings is 1. The lowest BCUT2D eigenvalue weighted by molar-refractivity contribution is 0.242. The fourth-order valence-corrected chi connectivity index (χ4v) is 2.36. The molecule has 108 valence electrons. The molecule has 3 heteroatoms. The molecule has 0 unspecified atom stereocenters. The third-order valence-corrected chi connectivity index (χ3v) is 3.74. The first-order valence-electron chi connectivity index (χ1n) is 7.30. The number of rotatable bonds is 7. The summed E-state index contributed by atoms with van der Waals surface area (Å²) in [6.45, 7) is 10.7. The highest BCUT2D eigenvalue weighted by molar-refractivity contribution is 5.60. The van der Waals surface area contributed by atoms with Crippen molar-refractivity contribution in [3.05, 3.63) is 18.2 Å². The highest BCUT2D eigenvalue weighted by Gasteiger charge is 2.23.